The molecule has 3 aliphatic rings. The van der Waals surface area contributed by atoms with Crippen LogP contribution in [-0.2, 0) is 0 Å². The molecule has 0 amide bonds. The van der Waals surface area contributed by atoms with Crippen molar-refractivity contribution in [1.29, 1.82) is 0 Å². The summed E-state index contributed by atoms with van der Waals surface area (Å²) < 4.78 is 5.80. The van der Waals surface area contributed by atoms with Crippen molar-refractivity contribution in [2.45, 2.75) is 26.3 Å². The molecule has 2 heterocycles. The number of nitrogens with zero attached hydrogens (tertiary/aromatic N) is 2. The number of para-hydroxylation sites is 1. The molecule has 5 rings (SSSR count). The number of hydrogen-bond acceptors (Lipinski definition) is 5. The summed E-state index contributed by atoms with van der Waals surface area (Å²) in [6.07, 6.45) is 9.90. The van der Waals surface area contributed by atoms with E-state index in [0.717, 1.165) is 19.6 Å². The summed E-state index contributed by atoms with van der Waals surface area (Å²) in [5, 5.41) is 12.6. The van der Waals surface area contributed by atoms with Gasteiger partial charge in [0.1, 0.15) is 5.52 Å². The van der Waals surface area contributed by atoms with Crippen molar-refractivity contribution >= 4 is 23.1 Å². The average molecular weight is 379 g/mol. The topological polar surface area (TPSA) is 78.6 Å². The highest BCUT2D eigenvalue weighted by Crippen LogP contribution is 2.28. The molecule has 2 N–H and O–H groups in total. The minimum atomic E-state index is -0.985. The number of carbonyl (C=O) groups is 1. The van der Waals surface area contributed by atoms with Gasteiger partial charge in [-0.2, -0.15) is 4.98 Å². The Kier molecular flexibility index (Phi) is 5.05. The highest BCUT2D eigenvalue weighted by Gasteiger charge is 2.29. The molecule has 1 saturated heterocycles. The van der Waals surface area contributed by atoms with Crippen LogP contribution in [0.4, 0.5) is 6.01 Å². The van der Waals surface area contributed by atoms with Gasteiger partial charge in [-0.25, -0.2) is 4.79 Å². The van der Waals surface area contributed by atoms with Crippen LogP contribution in [0.3, 0.4) is 0 Å². The van der Waals surface area contributed by atoms with E-state index in [0.29, 0.717) is 29.1 Å². The summed E-state index contributed by atoms with van der Waals surface area (Å²) in [5.74, 6) is -0.534. The summed E-state index contributed by atoms with van der Waals surface area (Å²) in [5.41, 5.74) is 4.05. The van der Waals surface area contributed by atoms with Crippen molar-refractivity contribution in [3.8, 4) is 0 Å². The zero-order valence-corrected chi connectivity index (χ0v) is 16.2. The number of hydrogen-bond donors (Lipinski definition) is 2. The fraction of sp³-hybridized carbons (Fsp3) is 0.364. The van der Waals surface area contributed by atoms with E-state index in [1.54, 1.807) is 18.2 Å². The molecule has 2 aliphatic carbocycles. The van der Waals surface area contributed by atoms with Crippen LogP contribution in [-0.4, -0.2) is 41.7 Å². The first-order valence-electron chi connectivity index (χ1n) is 9.71. The summed E-state index contributed by atoms with van der Waals surface area (Å²) >= 11 is 0. The summed E-state index contributed by atoms with van der Waals surface area (Å²) in [7, 11) is 0. The van der Waals surface area contributed by atoms with Crippen molar-refractivity contribution in [3.63, 3.8) is 0 Å². The Bertz CT molecular complexity index is 964. The number of oxazole rings is 1. The van der Waals surface area contributed by atoms with Gasteiger partial charge < -0.3 is 19.7 Å². The molecule has 1 aromatic heterocycles. The number of rotatable bonds is 3. The number of carboxylic acids is 1. The maximum Gasteiger partial charge on any atom is 0.338 e. The van der Waals surface area contributed by atoms with E-state index >= 15 is 0 Å². The van der Waals surface area contributed by atoms with Gasteiger partial charge in [-0.1, -0.05) is 44.2 Å². The molecular formula is C22H25N3O3. The molecule has 0 saturated carbocycles. The van der Waals surface area contributed by atoms with Gasteiger partial charge in [0.15, 0.2) is 5.58 Å². The van der Waals surface area contributed by atoms with E-state index in [2.05, 4.69) is 53.4 Å². The van der Waals surface area contributed by atoms with Crippen LogP contribution in [0, 0.1) is 5.92 Å². The van der Waals surface area contributed by atoms with Crippen LogP contribution in [0.5, 0.6) is 0 Å². The lowest BCUT2D eigenvalue weighted by Gasteiger charge is -2.37. The van der Waals surface area contributed by atoms with Gasteiger partial charge in [0.25, 0.3) is 6.01 Å². The molecule has 1 aromatic carbocycles. The van der Waals surface area contributed by atoms with Gasteiger partial charge in [-0.05, 0) is 35.6 Å². The van der Waals surface area contributed by atoms with Gasteiger partial charge in [-0.15, -0.1) is 0 Å². The van der Waals surface area contributed by atoms with E-state index in [4.69, 9.17) is 4.42 Å². The fourth-order valence-electron chi connectivity index (χ4n) is 3.80. The highest BCUT2D eigenvalue weighted by atomic mass is 16.4. The van der Waals surface area contributed by atoms with Crippen molar-refractivity contribution < 1.29 is 14.3 Å². The maximum absolute atomic E-state index is 11.3. The van der Waals surface area contributed by atoms with Crippen molar-refractivity contribution in [1.82, 2.24) is 10.3 Å². The summed E-state index contributed by atoms with van der Waals surface area (Å²) in [4.78, 5) is 17.8. The molecule has 2 bridgehead atoms. The predicted molar refractivity (Wildman–Crippen MR) is 110 cm³/mol. The van der Waals surface area contributed by atoms with Gasteiger partial charge in [0.05, 0.1) is 5.56 Å². The van der Waals surface area contributed by atoms with Gasteiger partial charge in [-0.3, -0.25) is 0 Å². The number of aromatic nitrogens is 1. The monoisotopic (exact) mass is 379 g/mol. The van der Waals surface area contributed by atoms with E-state index < -0.39 is 5.97 Å². The third kappa shape index (κ3) is 3.60. The molecule has 1 atom stereocenters. The fourth-order valence-corrected chi connectivity index (χ4v) is 3.80. The third-order valence-corrected chi connectivity index (χ3v) is 5.37. The number of benzene rings is 1. The number of anilines is 1. The van der Waals surface area contributed by atoms with Crippen molar-refractivity contribution in [2.75, 3.05) is 24.5 Å². The minimum Gasteiger partial charge on any atom is -0.478 e. The van der Waals surface area contributed by atoms with E-state index in [-0.39, 0.29) is 5.56 Å². The lowest BCUT2D eigenvalue weighted by Crippen LogP contribution is -2.53. The second-order valence-electron chi connectivity index (χ2n) is 7.66. The van der Waals surface area contributed by atoms with Crippen LogP contribution in [0.2, 0.25) is 0 Å². The Morgan fingerprint density at radius 2 is 2.04 bits per heavy atom. The van der Waals surface area contributed by atoms with Crippen molar-refractivity contribution in [2.24, 2.45) is 5.92 Å². The van der Waals surface area contributed by atoms with Crippen LogP contribution < -0.4 is 10.2 Å². The second-order valence-corrected chi connectivity index (χ2v) is 7.66. The molecule has 6 heteroatoms. The van der Waals surface area contributed by atoms with E-state index in [9.17, 15) is 9.90 Å². The Balaban J connectivity index is 0.000000227. The lowest BCUT2D eigenvalue weighted by atomic mass is 10.0. The maximum atomic E-state index is 11.3. The molecule has 28 heavy (non-hydrogen) atoms. The molecule has 2 aromatic rings. The van der Waals surface area contributed by atoms with Crippen LogP contribution in [0.1, 0.15) is 30.6 Å². The van der Waals surface area contributed by atoms with E-state index in [1.165, 1.54) is 17.6 Å². The molecular weight excluding hydrogens is 354 g/mol. The summed E-state index contributed by atoms with van der Waals surface area (Å²) in [6.45, 7) is 6.87. The number of piperazine rings is 1. The molecule has 1 aliphatic heterocycles. The molecule has 0 spiro atoms. The predicted octanol–water partition coefficient (Wildman–Crippen LogP) is 3.77. The first-order valence-corrected chi connectivity index (χ1v) is 9.71. The Hall–Kier alpha value is -2.86. The number of allylic oxidation sites excluding steroid dienone is 6. The SMILES string of the molecule is C1=CC2=CC=C1C2.CC(C)C1CNCCN1c1nc2c(C(=O)O)cccc2o1. The molecule has 146 valence electrons. The lowest BCUT2D eigenvalue weighted by molar-refractivity contribution is 0.0699. The number of aromatic carboxylic acids is 1. The van der Waals surface area contributed by atoms with Gasteiger partial charge in [0.2, 0.25) is 0 Å². The zero-order chi connectivity index (χ0) is 19.7. The number of fused-ring (bicyclic) bond motifs is 3. The Labute approximate surface area is 164 Å². The average Bonchev–Trinajstić information content (AvgIpc) is 3.44. The quantitative estimate of drug-likeness (QED) is 0.845. The van der Waals surface area contributed by atoms with Gasteiger partial charge >= 0.3 is 5.97 Å². The molecule has 1 unspecified atom stereocenters. The zero-order valence-electron chi connectivity index (χ0n) is 16.2. The highest BCUT2D eigenvalue weighted by molar-refractivity contribution is 6.00. The van der Waals surface area contributed by atoms with Crippen molar-refractivity contribution in [3.05, 3.63) is 59.2 Å². The van der Waals surface area contributed by atoms with Crippen LogP contribution in [0.25, 0.3) is 11.1 Å². The standard InChI is InChI=1S/C15H19N3O3.C7H6/c1-9(2)11-8-16-6-7-18(11)15-17-13-10(14(19)20)4-3-5-12(13)21-15;1-2-7-4-3-6(1)5-7/h3-5,9,11,16H,6-8H2,1-2H3,(H,19,20);1-4H,5H2. The van der Waals surface area contributed by atoms with E-state index in [1.807, 2.05) is 0 Å². The molecule has 0 radical (unpaired) electrons. The summed E-state index contributed by atoms with van der Waals surface area (Å²) in [6, 6.07) is 5.79. The number of carboxylic acid groups (broad SMARTS) is 1. The number of nitrogens with one attached hydrogen (secondary N) is 1. The second kappa shape index (κ2) is 7.64. The molecule has 6 nitrogen and oxygen atoms in total. The first kappa shape index (κ1) is 18.5. The normalized spacial score (nSPS) is 20.2. The smallest absolute Gasteiger partial charge is 0.338 e. The Morgan fingerprint density at radius 1 is 1.29 bits per heavy atom. The largest absolute Gasteiger partial charge is 0.478 e. The third-order valence-electron chi connectivity index (χ3n) is 5.37. The van der Waals surface area contributed by atoms with Crippen LogP contribution in [0.15, 0.2) is 58.1 Å². The first-order chi connectivity index (χ1) is 13.5. The van der Waals surface area contributed by atoms with Crippen LogP contribution >= 0.6 is 0 Å². The Morgan fingerprint density at radius 3 is 2.61 bits per heavy atom. The molecule has 1 fully saturated rings. The minimum absolute atomic E-state index is 0.179. The van der Waals surface area contributed by atoms with Gasteiger partial charge in [0, 0.05) is 25.7 Å².